The number of methoxy groups -OCH3 is 1. The van der Waals surface area contributed by atoms with Crippen LogP contribution in [0.4, 0.5) is 5.69 Å². The first kappa shape index (κ1) is 27.7. The summed E-state index contributed by atoms with van der Waals surface area (Å²) in [5.41, 5.74) is 5.05. The molecular weight excluding hydrogens is 593 g/mol. The van der Waals surface area contributed by atoms with Gasteiger partial charge in [-0.2, -0.15) is 0 Å². The first-order valence-corrected chi connectivity index (χ1v) is 16.7. The Kier molecular flexibility index (Phi) is 6.54. The molecule has 2 saturated carbocycles. The molecule has 2 amide bonds. The Morgan fingerprint density at radius 2 is 1.66 bits per heavy atom. The number of H-pyrrole nitrogens is 1. The van der Waals surface area contributed by atoms with Gasteiger partial charge in [-0.3, -0.25) is 19.3 Å². The van der Waals surface area contributed by atoms with Crippen molar-refractivity contribution in [2.45, 2.75) is 43.1 Å². The number of benzene rings is 3. The fraction of sp³-hybridized carbons (Fsp3) is 0.343. The second kappa shape index (κ2) is 10.4. The zero-order chi connectivity index (χ0) is 30.3. The van der Waals surface area contributed by atoms with E-state index in [-0.39, 0.29) is 57.4 Å². The largest absolute Gasteiger partial charge is 0.493 e. The van der Waals surface area contributed by atoms with E-state index >= 15 is 0 Å². The number of nitrogens with one attached hydrogen (secondary N) is 1. The molecule has 3 aromatic carbocycles. The molecule has 2 aliphatic heterocycles. The fourth-order valence-electron chi connectivity index (χ4n) is 8.26. The van der Waals surface area contributed by atoms with Gasteiger partial charge in [-0.15, -0.1) is 11.8 Å². The van der Waals surface area contributed by atoms with E-state index in [1.807, 2.05) is 55.5 Å². The predicted molar refractivity (Wildman–Crippen MR) is 171 cm³/mol. The normalized spacial score (nSPS) is 28.2. The second-order valence-corrected chi connectivity index (χ2v) is 14.6. The van der Waals surface area contributed by atoms with Crippen molar-refractivity contribution >= 4 is 40.6 Å². The maximum Gasteiger partial charge on any atom is 0.305 e. The highest BCUT2D eigenvalue weighted by Crippen LogP contribution is 2.68. The number of hydrogen-bond donors (Lipinski definition) is 1. The molecule has 0 unspecified atom stereocenters. The molecule has 224 valence electrons. The minimum absolute atomic E-state index is 0.0488. The van der Waals surface area contributed by atoms with Crippen LogP contribution in [0.3, 0.4) is 0 Å². The quantitative estimate of drug-likeness (QED) is 0.253. The molecule has 4 aliphatic rings. The van der Waals surface area contributed by atoms with E-state index in [4.69, 9.17) is 9.47 Å². The number of thiazole rings is 1. The van der Waals surface area contributed by atoms with Gasteiger partial charge in [-0.05, 0) is 79.0 Å². The number of hydrogen-bond acceptors (Lipinski definition) is 7. The maximum atomic E-state index is 14.0. The Balaban J connectivity index is 1.15. The van der Waals surface area contributed by atoms with Crippen LogP contribution in [0.25, 0.3) is 0 Å². The number of aryl methyl sites for hydroxylation is 2. The number of amides is 2. The Bertz CT molecular complexity index is 1860. The summed E-state index contributed by atoms with van der Waals surface area (Å²) in [4.78, 5) is 46.0. The molecule has 8 rings (SSSR count). The summed E-state index contributed by atoms with van der Waals surface area (Å²) in [6, 6.07) is 21.8. The smallest absolute Gasteiger partial charge is 0.305 e. The number of fused-ring (bicyclic) bond motifs is 9. The SMILES string of the molecule is COc1cc([C@@H]2c3sc(=O)[nH]c3S[C@@H]3[C@@H]4C[C@@H]([C@@H]5C(=O)N(c6ccc(C)cc6)C(=O)[C@@H]45)[C@@H]23)ccc1OCc1ccccc1C. The number of aromatic amines is 1. The van der Waals surface area contributed by atoms with E-state index in [1.54, 1.807) is 18.9 Å². The van der Waals surface area contributed by atoms with Gasteiger partial charge in [-0.25, -0.2) is 0 Å². The van der Waals surface area contributed by atoms with E-state index in [0.29, 0.717) is 23.8 Å². The molecule has 0 spiro atoms. The van der Waals surface area contributed by atoms with Crippen molar-refractivity contribution in [1.29, 1.82) is 0 Å². The fourth-order valence-corrected chi connectivity index (χ4v) is 11.2. The molecule has 2 bridgehead atoms. The van der Waals surface area contributed by atoms with E-state index < -0.39 is 0 Å². The predicted octanol–water partition coefficient (Wildman–Crippen LogP) is 6.32. The van der Waals surface area contributed by atoms with Crippen molar-refractivity contribution in [3.05, 3.63) is 104 Å². The van der Waals surface area contributed by atoms with Gasteiger partial charge in [0, 0.05) is 16.0 Å². The number of thioether (sulfide) groups is 1. The zero-order valence-electron chi connectivity index (χ0n) is 24.6. The van der Waals surface area contributed by atoms with Gasteiger partial charge in [-0.1, -0.05) is 59.4 Å². The van der Waals surface area contributed by atoms with Crippen LogP contribution in [0.1, 0.15) is 39.5 Å². The van der Waals surface area contributed by atoms with Crippen molar-refractivity contribution in [3.63, 3.8) is 0 Å². The molecule has 3 heterocycles. The molecule has 2 aliphatic carbocycles. The minimum atomic E-state index is -0.339. The summed E-state index contributed by atoms with van der Waals surface area (Å²) in [6.07, 6.45) is 0.849. The number of ether oxygens (including phenoxy) is 2. The summed E-state index contributed by atoms with van der Waals surface area (Å²) < 4.78 is 12.1. The van der Waals surface area contributed by atoms with Crippen LogP contribution < -0.4 is 19.2 Å². The molecule has 9 heteroatoms. The van der Waals surface area contributed by atoms with Crippen molar-refractivity contribution < 1.29 is 19.1 Å². The molecular formula is C35H32N2O5S2. The highest BCUT2D eigenvalue weighted by molar-refractivity contribution is 8.00. The number of rotatable bonds is 6. The summed E-state index contributed by atoms with van der Waals surface area (Å²) in [6.45, 7) is 4.49. The lowest BCUT2D eigenvalue weighted by molar-refractivity contribution is -0.123. The Hall–Kier alpha value is -3.82. The molecule has 0 radical (unpaired) electrons. The standard InChI is InChI=1S/C35H32N2O5S2/c1-17-8-11-21(12-9-17)37-33(38)28-22-15-23(29(28)34(37)39)30-27(22)26(31-32(43-30)36-35(40)44-31)19-10-13-24(25(14-19)41-3)42-16-20-7-5-4-6-18(20)2/h4-14,22-23,26-30H,15-16H2,1-3H3,(H,36,40)/t22-,23-,26+,27+,28+,29+,30-/m1/s1. The molecule has 3 fully saturated rings. The summed E-state index contributed by atoms with van der Waals surface area (Å²) in [5, 5.41) is 1.02. The molecule has 7 atom stereocenters. The lowest BCUT2D eigenvalue weighted by atomic mass is 9.68. The van der Waals surface area contributed by atoms with E-state index in [0.717, 1.165) is 33.0 Å². The van der Waals surface area contributed by atoms with Crippen LogP contribution in [0.5, 0.6) is 11.5 Å². The Labute approximate surface area is 263 Å². The van der Waals surface area contributed by atoms with Crippen molar-refractivity contribution in [1.82, 2.24) is 4.98 Å². The molecule has 44 heavy (non-hydrogen) atoms. The number of aromatic nitrogens is 1. The van der Waals surface area contributed by atoms with Gasteiger partial charge in [0.15, 0.2) is 11.5 Å². The average molecular weight is 625 g/mol. The topological polar surface area (TPSA) is 88.7 Å². The molecule has 4 aromatic rings. The number of carbonyl (C=O) groups excluding carboxylic acids is 2. The Morgan fingerprint density at radius 3 is 2.41 bits per heavy atom. The van der Waals surface area contributed by atoms with Gasteiger partial charge in [0.1, 0.15) is 6.61 Å². The number of nitrogens with zero attached hydrogens (tertiary/aromatic N) is 1. The van der Waals surface area contributed by atoms with Crippen molar-refractivity contribution in [2.75, 3.05) is 12.0 Å². The summed E-state index contributed by atoms with van der Waals surface area (Å²) in [5.74, 6) is 0.622. The summed E-state index contributed by atoms with van der Waals surface area (Å²) in [7, 11) is 1.64. The molecule has 1 aromatic heterocycles. The van der Waals surface area contributed by atoms with Gasteiger partial charge in [0.2, 0.25) is 11.8 Å². The first-order valence-electron chi connectivity index (χ1n) is 15.0. The second-order valence-electron chi connectivity index (χ2n) is 12.4. The third-order valence-corrected chi connectivity index (χ3v) is 12.8. The summed E-state index contributed by atoms with van der Waals surface area (Å²) >= 11 is 2.95. The van der Waals surface area contributed by atoms with Crippen LogP contribution in [-0.2, 0) is 16.2 Å². The number of anilines is 1. The van der Waals surface area contributed by atoms with Gasteiger partial charge < -0.3 is 14.5 Å². The first-order chi connectivity index (χ1) is 21.3. The molecule has 1 saturated heterocycles. The highest BCUT2D eigenvalue weighted by atomic mass is 32.2. The van der Waals surface area contributed by atoms with Crippen LogP contribution in [0.2, 0.25) is 0 Å². The molecule has 1 N–H and O–H groups in total. The van der Waals surface area contributed by atoms with E-state index in [9.17, 15) is 14.4 Å². The zero-order valence-corrected chi connectivity index (χ0v) is 26.2. The monoisotopic (exact) mass is 624 g/mol. The average Bonchev–Trinajstić information content (AvgIpc) is 3.76. The lowest BCUT2D eigenvalue weighted by Gasteiger charge is -2.43. The Morgan fingerprint density at radius 1 is 0.909 bits per heavy atom. The van der Waals surface area contributed by atoms with Gasteiger partial charge in [0.05, 0.1) is 29.7 Å². The van der Waals surface area contributed by atoms with E-state index in [2.05, 4.69) is 30.1 Å². The van der Waals surface area contributed by atoms with Crippen LogP contribution in [-0.4, -0.2) is 29.2 Å². The van der Waals surface area contributed by atoms with Crippen LogP contribution in [0.15, 0.2) is 76.6 Å². The third-order valence-electron chi connectivity index (χ3n) is 10.2. The van der Waals surface area contributed by atoms with Crippen molar-refractivity contribution in [3.8, 4) is 11.5 Å². The van der Waals surface area contributed by atoms with Crippen molar-refractivity contribution in [2.24, 2.45) is 29.6 Å². The number of imide groups is 1. The number of carbonyl (C=O) groups is 2. The van der Waals surface area contributed by atoms with Gasteiger partial charge >= 0.3 is 4.87 Å². The van der Waals surface area contributed by atoms with E-state index in [1.165, 1.54) is 21.8 Å². The molecule has 7 nitrogen and oxygen atoms in total. The lowest BCUT2D eigenvalue weighted by Crippen LogP contribution is -2.42. The van der Waals surface area contributed by atoms with Crippen LogP contribution in [0, 0.1) is 43.4 Å². The third kappa shape index (κ3) is 4.12. The van der Waals surface area contributed by atoms with Gasteiger partial charge in [0.25, 0.3) is 0 Å². The highest BCUT2D eigenvalue weighted by Gasteiger charge is 2.69. The van der Waals surface area contributed by atoms with Crippen LogP contribution >= 0.6 is 23.1 Å². The maximum absolute atomic E-state index is 14.0. The minimum Gasteiger partial charge on any atom is -0.493 e.